The molecule has 7 heteroatoms. The van der Waals surface area contributed by atoms with Crippen LogP contribution in [0.2, 0.25) is 0 Å². The molecule has 3 N–H and O–H groups in total. The molecule has 1 aromatic carbocycles. The first-order chi connectivity index (χ1) is 11.5. The van der Waals surface area contributed by atoms with Crippen molar-refractivity contribution in [3.8, 4) is 0 Å². The van der Waals surface area contributed by atoms with Gasteiger partial charge in [-0.25, -0.2) is 13.1 Å². The molecule has 132 valence electrons. The molecule has 1 aliphatic carbocycles. The highest BCUT2D eigenvalue weighted by Gasteiger charge is 2.25. The molecule has 0 unspecified atom stereocenters. The zero-order chi connectivity index (χ0) is 17.2. The Hall–Kier alpha value is -1.44. The number of hydrogen-bond donors (Lipinski definition) is 3. The molecule has 1 heterocycles. The molecule has 6 nitrogen and oxygen atoms in total. The van der Waals surface area contributed by atoms with Crippen LogP contribution in [0.5, 0.6) is 0 Å². The molecule has 1 aromatic rings. The Labute approximate surface area is 143 Å². The van der Waals surface area contributed by atoms with Gasteiger partial charge in [0.15, 0.2) is 0 Å². The maximum Gasteiger partial charge on any atom is 0.251 e. The molecule has 1 aliphatic heterocycles. The molecule has 2 fully saturated rings. The second-order valence-corrected chi connectivity index (χ2v) is 8.50. The summed E-state index contributed by atoms with van der Waals surface area (Å²) in [6.07, 6.45) is 3.89. The highest BCUT2D eigenvalue weighted by Crippen LogP contribution is 2.22. The SMILES string of the molecule is Cc1ccc(C(=O)NCC2CNC2)cc1S(=O)(=O)NC1CCCC1. The molecule has 1 saturated carbocycles. The third-order valence-electron chi connectivity index (χ3n) is 4.83. The van der Waals surface area contributed by atoms with Crippen LogP contribution in [-0.2, 0) is 10.0 Å². The minimum atomic E-state index is -3.60. The summed E-state index contributed by atoms with van der Waals surface area (Å²) in [5.74, 6) is 0.242. The van der Waals surface area contributed by atoms with Gasteiger partial charge < -0.3 is 10.6 Å². The fourth-order valence-corrected chi connectivity index (χ4v) is 4.76. The third kappa shape index (κ3) is 3.96. The van der Waals surface area contributed by atoms with Crippen molar-refractivity contribution in [1.29, 1.82) is 0 Å². The fourth-order valence-electron chi connectivity index (χ4n) is 3.19. The van der Waals surface area contributed by atoms with Crippen LogP contribution < -0.4 is 15.4 Å². The molecular weight excluding hydrogens is 326 g/mol. The second-order valence-electron chi connectivity index (χ2n) is 6.82. The Kier molecular flexibility index (Phi) is 5.22. The smallest absolute Gasteiger partial charge is 0.251 e. The van der Waals surface area contributed by atoms with Crippen LogP contribution >= 0.6 is 0 Å². The first-order valence-electron chi connectivity index (χ1n) is 8.57. The van der Waals surface area contributed by atoms with Crippen LogP contribution in [0.1, 0.15) is 41.6 Å². The van der Waals surface area contributed by atoms with Gasteiger partial charge in [0.25, 0.3) is 5.91 Å². The van der Waals surface area contributed by atoms with Gasteiger partial charge in [0.05, 0.1) is 4.90 Å². The Bertz CT molecular complexity index is 708. The minimum Gasteiger partial charge on any atom is -0.352 e. The lowest BCUT2D eigenvalue weighted by Gasteiger charge is -2.27. The molecule has 0 radical (unpaired) electrons. The van der Waals surface area contributed by atoms with Crippen molar-refractivity contribution in [3.05, 3.63) is 29.3 Å². The Morgan fingerprint density at radius 2 is 1.96 bits per heavy atom. The molecular formula is C17H25N3O3S. The lowest BCUT2D eigenvalue weighted by atomic mass is 10.0. The topological polar surface area (TPSA) is 87.3 Å². The third-order valence-corrected chi connectivity index (χ3v) is 6.50. The standard InChI is InChI=1S/C17H25N3O3S/c1-12-6-7-14(17(21)19-11-13-9-18-10-13)8-16(12)24(22,23)20-15-4-2-3-5-15/h6-8,13,15,18,20H,2-5,9-11H2,1H3,(H,19,21). The van der Waals surface area contributed by atoms with Crippen molar-refractivity contribution in [2.75, 3.05) is 19.6 Å². The number of sulfonamides is 1. The summed E-state index contributed by atoms with van der Waals surface area (Å²) < 4.78 is 28.1. The summed E-state index contributed by atoms with van der Waals surface area (Å²) in [5.41, 5.74) is 1.04. The molecule has 3 rings (SSSR count). The van der Waals surface area contributed by atoms with Gasteiger partial charge in [-0.2, -0.15) is 0 Å². The van der Waals surface area contributed by atoms with E-state index in [4.69, 9.17) is 0 Å². The van der Waals surface area contributed by atoms with E-state index in [9.17, 15) is 13.2 Å². The van der Waals surface area contributed by atoms with E-state index in [0.29, 0.717) is 23.6 Å². The highest BCUT2D eigenvalue weighted by molar-refractivity contribution is 7.89. The van der Waals surface area contributed by atoms with Gasteiger partial charge in [-0.3, -0.25) is 4.79 Å². The van der Waals surface area contributed by atoms with Crippen LogP contribution in [0.3, 0.4) is 0 Å². The van der Waals surface area contributed by atoms with Crippen LogP contribution in [0.4, 0.5) is 0 Å². The number of rotatable bonds is 6. The van der Waals surface area contributed by atoms with E-state index in [0.717, 1.165) is 38.8 Å². The molecule has 0 aromatic heterocycles. The first kappa shape index (κ1) is 17.4. The van der Waals surface area contributed by atoms with Gasteiger partial charge >= 0.3 is 0 Å². The lowest BCUT2D eigenvalue weighted by Crippen LogP contribution is -2.48. The van der Waals surface area contributed by atoms with Gasteiger partial charge in [-0.15, -0.1) is 0 Å². The van der Waals surface area contributed by atoms with Gasteiger partial charge in [-0.05, 0) is 37.5 Å². The fraction of sp³-hybridized carbons (Fsp3) is 0.588. The van der Waals surface area contributed by atoms with E-state index in [2.05, 4.69) is 15.4 Å². The quantitative estimate of drug-likeness (QED) is 0.718. The average Bonchev–Trinajstić information content (AvgIpc) is 2.97. The maximum absolute atomic E-state index is 12.7. The molecule has 0 atom stereocenters. The van der Waals surface area contributed by atoms with E-state index in [1.807, 2.05) is 0 Å². The second kappa shape index (κ2) is 7.21. The summed E-state index contributed by atoms with van der Waals surface area (Å²) in [5, 5.41) is 6.03. The van der Waals surface area contributed by atoms with Crippen LogP contribution in [0, 0.1) is 12.8 Å². The molecule has 0 spiro atoms. The minimum absolute atomic E-state index is 0.0120. The van der Waals surface area contributed by atoms with Crippen molar-refractivity contribution < 1.29 is 13.2 Å². The maximum atomic E-state index is 12.7. The predicted molar refractivity (Wildman–Crippen MR) is 92.4 cm³/mol. The number of carbonyl (C=O) groups is 1. The first-order valence-corrected chi connectivity index (χ1v) is 10.1. The van der Waals surface area contributed by atoms with Crippen molar-refractivity contribution in [2.45, 2.75) is 43.5 Å². The summed E-state index contributed by atoms with van der Waals surface area (Å²) in [6.45, 7) is 4.20. The largest absolute Gasteiger partial charge is 0.352 e. The van der Waals surface area contributed by atoms with Crippen LogP contribution in [-0.4, -0.2) is 40.0 Å². The van der Waals surface area contributed by atoms with Gasteiger partial charge in [-0.1, -0.05) is 18.9 Å². The number of nitrogens with one attached hydrogen (secondary N) is 3. The van der Waals surface area contributed by atoms with Crippen molar-refractivity contribution in [3.63, 3.8) is 0 Å². The van der Waals surface area contributed by atoms with Crippen molar-refractivity contribution in [2.24, 2.45) is 5.92 Å². The Morgan fingerprint density at radius 1 is 1.25 bits per heavy atom. The highest BCUT2D eigenvalue weighted by atomic mass is 32.2. The zero-order valence-corrected chi connectivity index (χ0v) is 14.8. The van der Waals surface area contributed by atoms with Crippen molar-refractivity contribution in [1.82, 2.24) is 15.4 Å². The van der Waals surface area contributed by atoms with Gasteiger partial charge in [0.2, 0.25) is 10.0 Å². The molecule has 2 aliphatic rings. The zero-order valence-electron chi connectivity index (χ0n) is 14.0. The van der Waals surface area contributed by atoms with Crippen LogP contribution in [0.15, 0.2) is 23.1 Å². The number of hydrogen-bond acceptors (Lipinski definition) is 4. The number of benzene rings is 1. The normalized spacial score (nSPS) is 19.2. The van der Waals surface area contributed by atoms with Crippen molar-refractivity contribution >= 4 is 15.9 Å². The molecule has 1 amide bonds. The van der Waals surface area contributed by atoms with E-state index in [-0.39, 0.29) is 16.8 Å². The number of carbonyl (C=O) groups excluding carboxylic acids is 1. The molecule has 1 saturated heterocycles. The predicted octanol–water partition coefficient (Wildman–Crippen LogP) is 1.17. The van der Waals surface area contributed by atoms with Gasteiger partial charge in [0.1, 0.15) is 0 Å². The van der Waals surface area contributed by atoms with E-state index in [1.165, 1.54) is 6.07 Å². The Morgan fingerprint density at radius 3 is 2.58 bits per heavy atom. The average molecular weight is 351 g/mol. The summed E-state index contributed by atoms with van der Waals surface area (Å²) in [7, 11) is -3.60. The summed E-state index contributed by atoms with van der Waals surface area (Å²) in [4.78, 5) is 12.5. The monoisotopic (exact) mass is 351 g/mol. The summed E-state index contributed by atoms with van der Waals surface area (Å²) in [6, 6.07) is 4.88. The van der Waals surface area contributed by atoms with E-state index >= 15 is 0 Å². The Balaban J connectivity index is 1.73. The lowest BCUT2D eigenvalue weighted by molar-refractivity contribution is 0.0942. The molecule has 24 heavy (non-hydrogen) atoms. The van der Waals surface area contributed by atoms with Gasteiger partial charge in [0, 0.05) is 37.2 Å². The number of amides is 1. The van der Waals surface area contributed by atoms with E-state index in [1.54, 1.807) is 19.1 Å². The van der Waals surface area contributed by atoms with E-state index < -0.39 is 10.0 Å². The molecule has 0 bridgehead atoms. The number of aryl methyl sites for hydroxylation is 1. The van der Waals surface area contributed by atoms with Crippen LogP contribution in [0.25, 0.3) is 0 Å². The summed E-state index contributed by atoms with van der Waals surface area (Å²) >= 11 is 0.